The first kappa shape index (κ1) is 17.4. The van der Waals surface area contributed by atoms with Crippen LogP contribution in [-0.4, -0.2) is 42.0 Å². The number of ether oxygens (including phenoxy) is 1. The summed E-state index contributed by atoms with van der Waals surface area (Å²) in [6, 6.07) is 9.87. The van der Waals surface area contributed by atoms with Gasteiger partial charge in [-0.2, -0.15) is 0 Å². The smallest absolute Gasteiger partial charge is 0.204 e. The van der Waals surface area contributed by atoms with Gasteiger partial charge in [-0.3, -0.25) is 4.79 Å². The molecule has 2 N–H and O–H groups in total. The maximum atomic E-state index is 13.2. The highest BCUT2D eigenvalue weighted by Crippen LogP contribution is 2.41. The molecular formula is C22H23N3O3. The molecule has 0 aromatic heterocycles. The summed E-state index contributed by atoms with van der Waals surface area (Å²) in [4.78, 5) is 19.9. The minimum atomic E-state index is -1.56. The number of fused-ring (bicyclic) bond motifs is 3. The summed E-state index contributed by atoms with van der Waals surface area (Å²) >= 11 is 0. The van der Waals surface area contributed by atoms with Crippen molar-refractivity contribution < 1.29 is 14.6 Å². The molecule has 2 aromatic rings. The van der Waals surface area contributed by atoms with Gasteiger partial charge in [-0.25, -0.2) is 4.99 Å². The molecule has 1 saturated heterocycles. The lowest BCUT2D eigenvalue weighted by Gasteiger charge is -2.30. The summed E-state index contributed by atoms with van der Waals surface area (Å²) in [5, 5.41) is 14.6. The molecule has 0 unspecified atom stereocenters. The molecule has 0 bridgehead atoms. The number of amidine groups is 1. The minimum absolute atomic E-state index is 0.252. The molecule has 6 heteroatoms. The fraction of sp³-hybridized carbons (Fsp3) is 0.364. The second kappa shape index (κ2) is 6.15. The van der Waals surface area contributed by atoms with Gasteiger partial charge in [0.2, 0.25) is 5.78 Å². The normalized spacial score (nSPS) is 23.3. The Hall–Kier alpha value is -2.70. The summed E-state index contributed by atoms with van der Waals surface area (Å²) in [5.41, 5.74) is 4.75. The predicted molar refractivity (Wildman–Crippen MR) is 109 cm³/mol. The third-order valence-corrected chi connectivity index (χ3v) is 6.00. The van der Waals surface area contributed by atoms with Gasteiger partial charge in [0, 0.05) is 42.0 Å². The summed E-state index contributed by atoms with van der Waals surface area (Å²) in [7, 11) is 0. The zero-order valence-corrected chi connectivity index (χ0v) is 16.1. The molecule has 0 aliphatic carbocycles. The monoisotopic (exact) mass is 377 g/mol. The van der Waals surface area contributed by atoms with Crippen LogP contribution in [0, 0.1) is 13.8 Å². The van der Waals surface area contributed by atoms with Crippen molar-refractivity contribution in [1.82, 2.24) is 0 Å². The summed E-state index contributed by atoms with van der Waals surface area (Å²) in [5.74, 6) is 0.175. The lowest BCUT2D eigenvalue weighted by atomic mass is 9.86. The second-order valence-electron chi connectivity index (χ2n) is 7.80. The van der Waals surface area contributed by atoms with E-state index in [0.717, 1.165) is 34.6 Å². The van der Waals surface area contributed by atoms with Crippen LogP contribution < -0.4 is 10.2 Å². The maximum absolute atomic E-state index is 13.2. The average Bonchev–Trinajstić information content (AvgIpc) is 2.87. The van der Waals surface area contributed by atoms with Gasteiger partial charge in [-0.05, 0) is 55.3 Å². The molecule has 0 spiro atoms. The average molecular weight is 377 g/mol. The molecular weight excluding hydrogens is 354 g/mol. The maximum Gasteiger partial charge on any atom is 0.204 e. The van der Waals surface area contributed by atoms with E-state index < -0.39 is 5.60 Å². The van der Waals surface area contributed by atoms with Gasteiger partial charge in [0.25, 0.3) is 0 Å². The summed E-state index contributed by atoms with van der Waals surface area (Å²) < 4.78 is 5.64. The van der Waals surface area contributed by atoms with Crippen molar-refractivity contribution >= 4 is 28.7 Å². The van der Waals surface area contributed by atoms with E-state index in [1.165, 1.54) is 0 Å². The second-order valence-corrected chi connectivity index (χ2v) is 7.80. The van der Waals surface area contributed by atoms with Crippen LogP contribution in [0.25, 0.3) is 0 Å². The van der Waals surface area contributed by atoms with E-state index in [0.29, 0.717) is 43.3 Å². The first-order chi connectivity index (χ1) is 13.5. The highest BCUT2D eigenvalue weighted by molar-refractivity contribution is 6.28. The Morgan fingerprint density at radius 2 is 2.04 bits per heavy atom. The van der Waals surface area contributed by atoms with Crippen LogP contribution in [0.5, 0.6) is 0 Å². The van der Waals surface area contributed by atoms with E-state index >= 15 is 0 Å². The highest BCUT2D eigenvalue weighted by atomic mass is 16.5. The van der Waals surface area contributed by atoms with Gasteiger partial charge in [0.15, 0.2) is 5.60 Å². The lowest BCUT2D eigenvalue weighted by Crippen LogP contribution is -2.48. The number of nitrogens with zero attached hydrogens (tertiary/aromatic N) is 2. The topological polar surface area (TPSA) is 74.2 Å². The van der Waals surface area contributed by atoms with E-state index in [4.69, 9.17) is 9.73 Å². The Labute approximate surface area is 163 Å². The van der Waals surface area contributed by atoms with E-state index in [-0.39, 0.29) is 5.78 Å². The number of aliphatic hydroxyl groups is 1. The number of ketones is 1. The van der Waals surface area contributed by atoms with Crippen LogP contribution in [0.4, 0.5) is 17.1 Å². The molecule has 0 saturated carbocycles. The number of hydrogen-bond donors (Lipinski definition) is 2. The number of carbonyl (C=O) groups is 1. The van der Waals surface area contributed by atoms with Crippen molar-refractivity contribution in [1.29, 1.82) is 0 Å². The fourth-order valence-electron chi connectivity index (χ4n) is 4.23. The number of Topliss-reactive ketones (excluding diaryl/α,β-unsaturated/α-hetero) is 1. The Morgan fingerprint density at radius 3 is 2.89 bits per heavy atom. The molecule has 1 fully saturated rings. The Balaban J connectivity index is 1.60. The van der Waals surface area contributed by atoms with Crippen molar-refractivity contribution in [3.63, 3.8) is 0 Å². The highest BCUT2D eigenvalue weighted by Gasteiger charge is 2.52. The molecule has 2 aromatic carbocycles. The van der Waals surface area contributed by atoms with Crippen molar-refractivity contribution in [2.75, 3.05) is 29.9 Å². The predicted octanol–water partition coefficient (Wildman–Crippen LogP) is 3.11. The number of aryl methyl sites for hydroxylation is 2. The number of benzene rings is 2. The number of anilines is 2. The number of hydrogen-bond acceptors (Lipinski definition) is 6. The number of aliphatic imine (C=N–C) groups is 1. The van der Waals surface area contributed by atoms with Gasteiger partial charge >= 0.3 is 0 Å². The van der Waals surface area contributed by atoms with Gasteiger partial charge < -0.3 is 20.1 Å². The Morgan fingerprint density at radius 1 is 1.21 bits per heavy atom. The summed E-state index contributed by atoms with van der Waals surface area (Å²) in [6.07, 6.45) is 0.336. The molecule has 3 aliphatic rings. The molecule has 5 rings (SSSR count). The fourth-order valence-corrected chi connectivity index (χ4v) is 4.23. The number of carbonyl (C=O) groups excluding carboxylic acids is 1. The van der Waals surface area contributed by atoms with Gasteiger partial charge in [0.05, 0.1) is 18.9 Å². The zero-order chi connectivity index (χ0) is 19.5. The first-order valence-corrected chi connectivity index (χ1v) is 9.67. The molecule has 1 atom stereocenters. The van der Waals surface area contributed by atoms with Crippen LogP contribution >= 0.6 is 0 Å². The Kier molecular flexibility index (Phi) is 3.82. The standard InChI is InChI=1S/C22H23N3O3/c1-13-9-17-19(10-14(13)2)24-21-22(27,20(17)26)5-7-25(21)16-3-4-18-15(11-16)12-28-8-6-23-18/h3-4,9-11,23,27H,5-8,12H2,1-2H3/t22-/m1/s1. The zero-order valence-electron chi connectivity index (χ0n) is 16.1. The molecule has 3 aliphatic heterocycles. The quantitative estimate of drug-likeness (QED) is 0.799. The molecule has 144 valence electrons. The SMILES string of the molecule is Cc1cc2c(cc1C)C(=O)[C@]1(O)CCN(c3ccc4c(c3)COCCN4)C1=N2. The van der Waals surface area contributed by atoms with Gasteiger partial charge in [-0.1, -0.05) is 0 Å². The first-order valence-electron chi connectivity index (χ1n) is 9.67. The third kappa shape index (κ3) is 2.48. The van der Waals surface area contributed by atoms with Crippen molar-refractivity contribution in [2.45, 2.75) is 32.5 Å². The van der Waals surface area contributed by atoms with Crippen molar-refractivity contribution in [3.05, 3.63) is 52.6 Å². The summed E-state index contributed by atoms with van der Waals surface area (Å²) in [6.45, 7) is 6.52. The van der Waals surface area contributed by atoms with Crippen LogP contribution in [-0.2, 0) is 11.3 Å². The number of rotatable bonds is 1. The largest absolute Gasteiger partial charge is 0.382 e. The molecule has 28 heavy (non-hydrogen) atoms. The van der Waals surface area contributed by atoms with Crippen LogP contribution in [0.2, 0.25) is 0 Å². The molecule has 6 nitrogen and oxygen atoms in total. The van der Waals surface area contributed by atoms with Crippen LogP contribution in [0.15, 0.2) is 35.3 Å². The van der Waals surface area contributed by atoms with E-state index in [9.17, 15) is 9.90 Å². The van der Waals surface area contributed by atoms with Crippen molar-refractivity contribution in [2.24, 2.45) is 4.99 Å². The molecule has 0 radical (unpaired) electrons. The van der Waals surface area contributed by atoms with Crippen LogP contribution in [0.1, 0.15) is 33.5 Å². The van der Waals surface area contributed by atoms with E-state index in [1.807, 2.05) is 43.0 Å². The van der Waals surface area contributed by atoms with Gasteiger partial charge in [-0.15, -0.1) is 0 Å². The lowest BCUT2D eigenvalue weighted by molar-refractivity contribution is 0.0602. The Bertz CT molecular complexity index is 1030. The van der Waals surface area contributed by atoms with Gasteiger partial charge in [0.1, 0.15) is 5.84 Å². The van der Waals surface area contributed by atoms with E-state index in [1.54, 1.807) is 0 Å². The minimum Gasteiger partial charge on any atom is -0.382 e. The van der Waals surface area contributed by atoms with Crippen LogP contribution in [0.3, 0.4) is 0 Å². The molecule has 3 heterocycles. The number of nitrogens with one attached hydrogen (secondary N) is 1. The van der Waals surface area contributed by atoms with Crippen molar-refractivity contribution in [3.8, 4) is 0 Å². The molecule has 0 amide bonds. The third-order valence-electron chi connectivity index (χ3n) is 6.00. The van der Waals surface area contributed by atoms with E-state index in [2.05, 4.69) is 11.4 Å².